The fourth-order valence-electron chi connectivity index (χ4n) is 3.04. The number of carbonyl (C=O) groups excluding carboxylic acids is 1. The Morgan fingerprint density at radius 1 is 1.08 bits per heavy atom. The van der Waals surface area contributed by atoms with Crippen molar-refractivity contribution in [2.45, 2.75) is 12.5 Å². The van der Waals surface area contributed by atoms with E-state index < -0.39 is 0 Å². The first-order valence-electron chi connectivity index (χ1n) is 8.70. The van der Waals surface area contributed by atoms with Crippen LogP contribution in [0.4, 0.5) is 0 Å². The summed E-state index contributed by atoms with van der Waals surface area (Å²) in [4.78, 5) is 14.9. The highest BCUT2D eigenvalue weighted by Gasteiger charge is 2.20. The van der Waals surface area contributed by atoms with Gasteiger partial charge in [-0.2, -0.15) is 0 Å². The predicted molar refractivity (Wildman–Crippen MR) is 105 cm³/mol. The lowest BCUT2D eigenvalue weighted by Gasteiger charge is -2.31. The van der Waals surface area contributed by atoms with Crippen molar-refractivity contribution in [3.05, 3.63) is 69.7 Å². The van der Waals surface area contributed by atoms with E-state index in [0.717, 1.165) is 44.0 Å². The number of hydrogen-bond donors (Lipinski definition) is 1. The molecule has 2 aromatic carbocycles. The third kappa shape index (κ3) is 5.45. The lowest BCUT2D eigenvalue weighted by Crippen LogP contribution is -2.43. The zero-order valence-corrected chi connectivity index (χ0v) is 16.0. The number of nitrogens with one attached hydrogen (secondary N) is 1. The number of ether oxygens (including phenoxy) is 1. The van der Waals surface area contributed by atoms with Gasteiger partial charge in [-0.05, 0) is 23.3 Å². The Morgan fingerprint density at radius 3 is 2.50 bits per heavy atom. The highest BCUT2D eigenvalue weighted by atomic mass is 35.5. The van der Waals surface area contributed by atoms with E-state index in [1.54, 1.807) is 12.1 Å². The molecule has 1 amide bonds. The number of hydrogen-bond acceptors (Lipinski definition) is 3. The minimum absolute atomic E-state index is 0.0366. The molecule has 0 unspecified atom stereocenters. The smallest absolute Gasteiger partial charge is 0.224 e. The van der Waals surface area contributed by atoms with Crippen LogP contribution < -0.4 is 5.32 Å². The fourth-order valence-corrected chi connectivity index (χ4v) is 3.36. The molecule has 6 heteroatoms. The average Bonchev–Trinajstić information content (AvgIpc) is 2.66. The van der Waals surface area contributed by atoms with Gasteiger partial charge in [0.05, 0.1) is 35.7 Å². The van der Waals surface area contributed by atoms with Gasteiger partial charge in [0, 0.05) is 19.6 Å². The summed E-state index contributed by atoms with van der Waals surface area (Å²) in [7, 11) is 0. The SMILES string of the molecule is O=C(Cc1ccc(Cl)c(Cl)c1)N[C@@H](CN1CCOCC1)c1ccccc1. The number of rotatable bonds is 6. The van der Waals surface area contributed by atoms with Crippen LogP contribution in [0.2, 0.25) is 10.0 Å². The van der Waals surface area contributed by atoms with Crippen molar-refractivity contribution in [1.29, 1.82) is 0 Å². The number of benzene rings is 2. The van der Waals surface area contributed by atoms with Gasteiger partial charge >= 0.3 is 0 Å². The monoisotopic (exact) mass is 392 g/mol. The van der Waals surface area contributed by atoms with Crippen molar-refractivity contribution >= 4 is 29.1 Å². The minimum Gasteiger partial charge on any atom is -0.379 e. The van der Waals surface area contributed by atoms with Gasteiger partial charge in [-0.1, -0.05) is 59.6 Å². The van der Waals surface area contributed by atoms with Crippen LogP contribution in [-0.2, 0) is 16.0 Å². The molecule has 1 saturated heterocycles. The largest absolute Gasteiger partial charge is 0.379 e. The summed E-state index contributed by atoms with van der Waals surface area (Å²) < 4.78 is 5.42. The molecule has 4 nitrogen and oxygen atoms in total. The van der Waals surface area contributed by atoms with Crippen LogP contribution in [0.3, 0.4) is 0 Å². The molecule has 2 aromatic rings. The van der Waals surface area contributed by atoms with E-state index in [2.05, 4.69) is 10.2 Å². The zero-order chi connectivity index (χ0) is 18.4. The van der Waals surface area contributed by atoms with Crippen LogP contribution in [0.25, 0.3) is 0 Å². The van der Waals surface area contributed by atoms with Crippen molar-refractivity contribution in [1.82, 2.24) is 10.2 Å². The standard InChI is InChI=1S/C20H22Cl2N2O2/c21-17-7-6-15(12-18(17)22)13-20(25)23-19(16-4-2-1-3-5-16)14-24-8-10-26-11-9-24/h1-7,12,19H,8-11,13-14H2,(H,23,25)/t19-/m0/s1. The van der Waals surface area contributed by atoms with E-state index in [9.17, 15) is 4.79 Å². The highest BCUT2D eigenvalue weighted by Crippen LogP contribution is 2.23. The molecule has 3 rings (SSSR count). The van der Waals surface area contributed by atoms with Crippen LogP contribution in [0.15, 0.2) is 48.5 Å². The molecular weight excluding hydrogens is 371 g/mol. The first-order chi connectivity index (χ1) is 12.6. The number of amides is 1. The van der Waals surface area contributed by atoms with Crippen LogP contribution >= 0.6 is 23.2 Å². The molecule has 1 heterocycles. The summed E-state index contributed by atoms with van der Waals surface area (Å²) in [6.07, 6.45) is 0.267. The minimum atomic E-state index is -0.0652. The van der Waals surface area contributed by atoms with Crippen LogP contribution in [0.5, 0.6) is 0 Å². The molecule has 1 N–H and O–H groups in total. The summed E-state index contributed by atoms with van der Waals surface area (Å²) in [6.45, 7) is 4.00. The second-order valence-electron chi connectivity index (χ2n) is 6.37. The predicted octanol–water partition coefficient (Wildman–Crippen LogP) is 3.73. The van der Waals surface area contributed by atoms with Gasteiger partial charge in [0.1, 0.15) is 0 Å². The fraction of sp³-hybridized carbons (Fsp3) is 0.350. The number of nitrogens with zero attached hydrogens (tertiary/aromatic N) is 1. The normalized spacial score (nSPS) is 16.2. The maximum atomic E-state index is 12.6. The molecule has 1 fully saturated rings. The summed E-state index contributed by atoms with van der Waals surface area (Å²) in [5, 5.41) is 4.12. The Balaban J connectivity index is 1.67. The van der Waals surface area contributed by atoms with Gasteiger partial charge in [0.2, 0.25) is 5.91 Å². The van der Waals surface area contributed by atoms with Gasteiger partial charge in [-0.25, -0.2) is 0 Å². The average molecular weight is 393 g/mol. The maximum absolute atomic E-state index is 12.6. The van der Waals surface area contributed by atoms with E-state index >= 15 is 0 Å². The van der Waals surface area contributed by atoms with E-state index in [-0.39, 0.29) is 18.4 Å². The van der Waals surface area contributed by atoms with Crippen molar-refractivity contribution in [3.63, 3.8) is 0 Å². The molecular formula is C20H22Cl2N2O2. The van der Waals surface area contributed by atoms with Crippen molar-refractivity contribution < 1.29 is 9.53 Å². The summed E-state index contributed by atoms with van der Waals surface area (Å²) >= 11 is 12.0. The topological polar surface area (TPSA) is 41.6 Å². The van der Waals surface area contributed by atoms with E-state index in [0.29, 0.717) is 10.0 Å². The van der Waals surface area contributed by atoms with Crippen molar-refractivity contribution in [2.24, 2.45) is 0 Å². The summed E-state index contributed by atoms with van der Waals surface area (Å²) in [5.74, 6) is -0.0366. The molecule has 138 valence electrons. The molecule has 1 atom stereocenters. The van der Waals surface area contributed by atoms with Gasteiger partial charge in [0.25, 0.3) is 0 Å². The van der Waals surface area contributed by atoms with Crippen LogP contribution in [0, 0.1) is 0 Å². The van der Waals surface area contributed by atoms with Gasteiger partial charge in [-0.15, -0.1) is 0 Å². The molecule has 0 spiro atoms. The van der Waals surface area contributed by atoms with Gasteiger partial charge in [-0.3, -0.25) is 9.69 Å². The van der Waals surface area contributed by atoms with Crippen LogP contribution in [-0.4, -0.2) is 43.7 Å². The van der Waals surface area contributed by atoms with E-state index in [1.807, 2.05) is 36.4 Å². The lowest BCUT2D eigenvalue weighted by molar-refractivity contribution is -0.121. The molecule has 0 aromatic heterocycles. The molecule has 1 aliphatic rings. The zero-order valence-electron chi connectivity index (χ0n) is 14.5. The van der Waals surface area contributed by atoms with Crippen molar-refractivity contribution in [3.8, 4) is 0 Å². The maximum Gasteiger partial charge on any atom is 0.224 e. The number of morpholine rings is 1. The number of carbonyl (C=O) groups is 1. The van der Waals surface area contributed by atoms with E-state index in [4.69, 9.17) is 27.9 Å². The lowest BCUT2D eigenvalue weighted by atomic mass is 10.1. The second kappa shape index (κ2) is 9.38. The molecule has 0 radical (unpaired) electrons. The molecule has 0 aliphatic carbocycles. The quantitative estimate of drug-likeness (QED) is 0.813. The third-order valence-electron chi connectivity index (χ3n) is 4.43. The molecule has 1 aliphatic heterocycles. The van der Waals surface area contributed by atoms with Crippen LogP contribution in [0.1, 0.15) is 17.2 Å². The second-order valence-corrected chi connectivity index (χ2v) is 7.18. The third-order valence-corrected chi connectivity index (χ3v) is 5.17. The molecule has 26 heavy (non-hydrogen) atoms. The van der Waals surface area contributed by atoms with Crippen molar-refractivity contribution in [2.75, 3.05) is 32.8 Å². The summed E-state index contributed by atoms with van der Waals surface area (Å²) in [5.41, 5.74) is 1.94. The number of halogens is 2. The summed E-state index contributed by atoms with van der Waals surface area (Å²) in [6, 6.07) is 15.3. The Morgan fingerprint density at radius 2 is 1.81 bits per heavy atom. The first-order valence-corrected chi connectivity index (χ1v) is 9.46. The first kappa shape index (κ1) is 19.2. The molecule has 0 bridgehead atoms. The highest BCUT2D eigenvalue weighted by molar-refractivity contribution is 6.42. The Hall–Kier alpha value is -1.59. The van der Waals surface area contributed by atoms with E-state index in [1.165, 1.54) is 0 Å². The Labute approximate surface area is 164 Å². The van der Waals surface area contributed by atoms with Gasteiger partial charge in [0.15, 0.2) is 0 Å². The Bertz CT molecular complexity index is 734. The molecule has 0 saturated carbocycles. The Kier molecular flexibility index (Phi) is 6.92. The van der Waals surface area contributed by atoms with Gasteiger partial charge < -0.3 is 10.1 Å².